The number of carbonyl (C=O) groups is 1. The van der Waals surface area contributed by atoms with Crippen molar-refractivity contribution in [3.05, 3.63) is 28.2 Å². The van der Waals surface area contributed by atoms with Crippen molar-refractivity contribution >= 4 is 27.5 Å². The van der Waals surface area contributed by atoms with Gasteiger partial charge in [0.15, 0.2) is 0 Å². The van der Waals surface area contributed by atoms with Crippen LogP contribution in [-0.4, -0.2) is 11.4 Å². The Morgan fingerprint density at radius 2 is 2.20 bits per heavy atom. The third-order valence-electron chi connectivity index (χ3n) is 2.68. The predicted molar refractivity (Wildman–Crippen MR) is 63.7 cm³/mol. The second-order valence-electron chi connectivity index (χ2n) is 4.05. The van der Waals surface area contributed by atoms with E-state index in [1.165, 1.54) is 0 Å². The van der Waals surface area contributed by atoms with Crippen molar-refractivity contribution < 1.29 is 4.79 Å². The van der Waals surface area contributed by atoms with E-state index in [9.17, 15) is 4.79 Å². The number of benzene rings is 1. The van der Waals surface area contributed by atoms with Crippen LogP contribution in [0.25, 0.3) is 0 Å². The van der Waals surface area contributed by atoms with Crippen molar-refractivity contribution in [2.75, 3.05) is 5.32 Å². The molecule has 80 valence electrons. The summed E-state index contributed by atoms with van der Waals surface area (Å²) in [5.41, 5.74) is 7.06. The quantitative estimate of drug-likeness (QED) is 0.864. The highest BCUT2D eigenvalue weighted by atomic mass is 79.9. The van der Waals surface area contributed by atoms with Crippen molar-refractivity contribution in [2.24, 2.45) is 5.73 Å². The highest BCUT2D eigenvalue weighted by Gasteiger charge is 2.46. The molecule has 15 heavy (non-hydrogen) atoms. The maximum Gasteiger partial charge on any atom is 0.244 e. The Morgan fingerprint density at radius 3 is 2.80 bits per heavy atom. The Hall–Kier alpha value is -0.870. The molecule has 1 aromatic rings. The van der Waals surface area contributed by atoms with Gasteiger partial charge in [0.05, 0.1) is 11.2 Å². The number of halogens is 1. The Morgan fingerprint density at radius 1 is 1.53 bits per heavy atom. The van der Waals surface area contributed by atoms with Crippen molar-refractivity contribution in [3.63, 3.8) is 0 Å². The van der Waals surface area contributed by atoms with Gasteiger partial charge in [-0.05, 0) is 47.3 Å². The SMILES string of the molecule is Cc1cccc(NC(=O)C2(N)CC2)c1Br. The fourth-order valence-corrected chi connectivity index (χ4v) is 1.72. The number of nitrogens with two attached hydrogens (primary N) is 1. The number of amides is 1. The van der Waals surface area contributed by atoms with E-state index in [0.29, 0.717) is 0 Å². The first kappa shape index (κ1) is 10.6. The van der Waals surface area contributed by atoms with Crippen LogP contribution in [0, 0.1) is 6.92 Å². The maximum atomic E-state index is 11.7. The smallest absolute Gasteiger partial charge is 0.244 e. The van der Waals surface area contributed by atoms with Gasteiger partial charge in [0, 0.05) is 4.47 Å². The zero-order chi connectivity index (χ0) is 11.1. The monoisotopic (exact) mass is 268 g/mol. The first-order valence-electron chi connectivity index (χ1n) is 4.88. The molecule has 3 N–H and O–H groups in total. The summed E-state index contributed by atoms with van der Waals surface area (Å²) in [4.78, 5) is 11.7. The zero-order valence-electron chi connectivity index (χ0n) is 8.51. The molecular formula is C11H13BrN2O. The molecule has 0 radical (unpaired) electrons. The van der Waals surface area contributed by atoms with E-state index in [1.54, 1.807) is 0 Å². The van der Waals surface area contributed by atoms with Crippen molar-refractivity contribution in [3.8, 4) is 0 Å². The summed E-state index contributed by atoms with van der Waals surface area (Å²) in [5, 5.41) is 2.84. The third-order valence-corrected chi connectivity index (χ3v) is 3.73. The molecule has 0 aliphatic heterocycles. The lowest BCUT2D eigenvalue weighted by Crippen LogP contribution is -2.37. The second-order valence-corrected chi connectivity index (χ2v) is 4.84. The number of nitrogens with one attached hydrogen (secondary N) is 1. The first-order valence-corrected chi connectivity index (χ1v) is 5.68. The van der Waals surface area contributed by atoms with Crippen LogP contribution in [0.3, 0.4) is 0 Å². The topological polar surface area (TPSA) is 55.1 Å². The van der Waals surface area contributed by atoms with Gasteiger partial charge in [0.1, 0.15) is 0 Å². The average Bonchev–Trinajstić information content (AvgIpc) is 2.93. The Kier molecular flexibility index (Phi) is 2.56. The minimum atomic E-state index is -0.622. The molecule has 0 unspecified atom stereocenters. The first-order chi connectivity index (χ1) is 7.03. The summed E-state index contributed by atoms with van der Waals surface area (Å²) in [5.74, 6) is -0.0891. The molecule has 4 heteroatoms. The maximum absolute atomic E-state index is 11.7. The van der Waals surface area contributed by atoms with E-state index >= 15 is 0 Å². The molecule has 0 spiro atoms. The molecule has 1 aliphatic carbocycles. The van der Waals surface area contributed by atoms with Crippen LogP contribution in [0.1, 0.15) is 18.4 Å². The van der Waals surface area contributed by atoms with Crippen LogP contribution < -0.4 is 11.1 Å². The van der Waals surface area contributed by atoms with Crippen LogP contribution in [0.2, 0.25) is 0 Å². The summed E-state index contributed by atoms with van der Waals surface area (Å²) in [6, 6.07) is 5.75. The van der Waals surface area contributed by atoms with Gasteiger partial charge in [0.2, 0.25) is 5.91 Å². The van der Waals surface area contributed by atoms with Crippen LogP contribution in [0.4, 0.5) is 5.69 Å². The highest BCUT2D eigenvalue weighted by Crippen LogP contribution is 2.34. The fourth-order valence-electron chi connectivity index (χ4n) is 1.35. The highest BCUT2D eigenvalue weighted by molar-refractivity contribution is 9.10. The van der Waals surface area contributed by atoms with Crippen LogP contribution in [0.5, 0.6) is 0 Å². The summed E-state index contributed by atoms with van der Waals surface area (Å²) in [7, 11) is 0. The molecular weight excluding hydrogens is 256 g/mol. The summed E-state index contributed by atoms with van der Waals surface area (Å²) < 4.78 is 0.919. The molecule has 0 atom stereocenters. The lowest BCUT2D eigenvalue weighted by atomic mass is 10.2. The largest absolute Gasteiger partial charge is 0.323 e. The van der Waals surface area contributed by atoms with Gasteiger partial charge in [-0.2, -0.15) is 0 Å². The Labute approximate surface area is 97.2 Å². The van der Waals surface area contributed by atoms with Gasteiger partial charge in [-0.1, -0.05) is 12.1 Å². The van der Waals surface area contributed by atoms with Gasteiger partial charge in [0.25, 0.3) is 0 Å². The Bertz CT molecular complexity index is 413. The van der Waals surface area contributed by atoms with Gasteiger partial charge < -0.3 is 11.1 Å². The molecule has 1 fully saturated rings. The molecule has 1 saturated carbocycles. The normalized spacial score (nSPS) is 17.3. The number of hydrogen-bond donors (Lipinski definition) is 2. The minimum Gasteiger partial charge on any atom is -0.323 e. The molecule has 3 nitrogen and oxygen atoms in total. The van der Waals surface area contributed by atoms with Gasteiger partial charge in [-0.3, -0.25) is 4.79 Å². The molecule has 1 aliphatic rings. The number of carbonyl (C=O) groups excluding carboxylic acids is 1. The standard InChI is InChI=1S/C11H13BrN2O/c1-7-3-2-4-8(9(7)12)14-10(15)11(13)5-6-11/h2-4H,5-6,13H2,1H3,(H,14,15). The van der Waals surface area contributed by atoms with E-state index in [-0.39, 0.29) is 5.91 Å². The molecule has 0 heterocycles. The fraction of sp³-hybridized carbons (Fsp3) is 0.364. The summed E-state index contributed by atoms with van der Waals surface area (Å²) >= 11 is 3.44. The molecule has 0 saturated heterocycles. The lowest BCUT2D eigenvalue weighted by Gasteiger charge is -2.12. The van der Waals surface area contributed by atoms with E-state index in [0.717, 1.165) is 28.6 Å². The zero-order valence-corrected chi connectivity index (χ0v) is 10.1. The minimum absolute atomic E-state index is 0.0891. The molecule has 1 amide bonds. The van der Waals surface area contributed by atoms with E-state index in [1.807, 2.05) is 25.1 Å². The van der Waals surface area contributed by atoms with E-state index < -0.39 is 5.54 Å². The Balaban J connectivity index is 2.17. The third kappa shape index (κ3) is 2.06. The van der Waals surface area contributed by atoms with E-state index in [4.69, 9.17) is 5.73 Å². The molecule has 0 bridgehead atoms. The average molecular weight is 269 g/mol. The second kappa shape index (κ2) is 3.61. The van der Waals surface area contributed by atoms with Gasteiger partial charge in [-0.15, -0.1) is 0 Å². The van der Waals surface area contributed by atoms with Crippen molar-refractivity contribution in [1.82, 2.24) is 0 Å². The lowest BCUT2D eigenvalue weighted by molar-refractivity contribution is -0.118. The predicted octanol–water partition coefficient (Wildman–Crippen LogP) is 2.19. The number of hydrogen-bond acceptors (Lipinski definition) is 2. The van der Waals surface area contributed by atoms with Gasteiger partial charge >= 0.3 is 0 Å². The van der Waals surface area contributed by atoms with Crippen molar-refractivity contribution in [1.29, 1.82) is 0 Å². The van der Waals surface area contributed by atoms with Crippen LogP contribution >= 0.6 is 15.9 Å². The summed E-state index contributed by atoms with van der Waals surface area (Å²) in [6.07, 6.45) is 1.56. The molecule has 0 aromatic heterocycles. The molecule has 2 rings (SSSR count). The van der Waals surface area contributed by atoms with Crippen LogP contribution in [-0.2, 0) is 4.79 Å². The van der Waals surface area contributed by atoms with Crippen molar-refractivity contribution in [2.45, 2.75) is 25.3 Å². The summed E-state index contributed by atoms with van der Waals surface area (Å²) in [6.45, 7) is 1.98. The number of aryl methyl sites for hydroxylation is 1. The number of anilines is 1. The number of rotatable bonds is 2. The van der Waals surface area contributed by atoms with Gasteiger partial charge in [-0.25, -0.2) is 0 Å². The molecule has 1 aromatic carbocycles. The van der Waals surface area contributed by atoms with Crippen LogP contribution in [0.15, 0.2) is 22.7 Å². The van der Waals surface area contributed by atoms with E-state index in [2.05, 4.69) is 21.2 Å².